The largest absolute Gasteiger partial charge is 0.493 e. The van der Waals surface area contributed by atoms with Gasteiger partial charge in [-0.1, -0.05) is 6.07 Å². The summed E-state index contributed by atoms with van der Waals surface area (Å²) in [5.41, 5.74) is 0.432. The maximum atomic E-state index is 13.2. The normalized spacial score (nSPS) is 25.9. The van der Waals surface area contributed by atoms with E-state index in [1.807, 2.05) is 0 Å². The number of carbonyl (C=O) groups excluding carboxylic acids is 7. The van der Waals surface area contributed by atoms with Crippen LogP contribution in [0.25, 0.3) is 6.08 Å². The lowest BCUT2D eigenvalue weighted by atomic mass is 10.0. The Kier molecular flexibility index (Phi) is 14.2. The second-order valence-electron chi connectivity index (χ2n) is 10.8. The average molecular weight is 711 g/mol. The maximum Gasteiger partial charge on any atom is 0.331 e. The van der Waals surface area contributed by atoms with Gasteiger partial charge in [0, 0.05) is 47.6 Å². The molecule has 2 saturated heterocycles. The van der Waals surface area contributed by atoms with E-state index in [0.717, 1.165) is 40.7 Å². The second kappa shape index (κ2) is 18.1. The molecule has 0 radical (unpaired) electrons. The molecule has 2 fully saturated rings. The van der Waals surface area contributed by atoms with Gasteiger partial charge in [0.2, 0.25) is 6.29 Å². The summed E-state index contributed by atoms with van der Waals surface area (Å²) in [6.07, 6.45) is -9.35. The van der Waals surface area contributed by atoms with E-state index in [4.69, 9.17) is 52.1 Å². The maximum absolute atomic E-state index is 13.2. The Balaban J connectivity index is 1.99. The minimum Gasteiger partial charge on any atom is -0.493 e. The predicted octanol–water partition coefficient (Wildman–Crippen LogP) is 0.933. The lowest BCUT2D eigenvalue weighted by Crippen LogP contribution is -2.59. The van der Waals surface area contributed by atoms with Crippen molar-refractivity contribution in [1.29, 1.82) is 0 Å². The van der Waals surface area contributed by atoms with E-state index in [1.165, 1.54) is 38.3 Å². The molecule has 3 rings (SSSR count). The molecule has 0 N–H and O–H groups in total. The van der Waals surface area contributed by atoms with Gasteiger partial charge in [-0.3, -0.25) is 28.8 Å². The van der Waals surface area contributed by atoms with E-state index in [-0.39, 0.29) is 11.5 Å². The van der Waals surface area contributed by atoms with Crippen LogP contribution in [0.5, 0.6) is 11.5 Å². The van der Waals surface area contributed by atoms with Gasteiger partial charge in [0.15, 0.2) is 42.2 Å². The van der Waals surface area contributed by atoms with Gasteiger partial charge in [-0.25, -0.2) is 4.79 Å². The molecule has 0 bridgehead atoms. The van der Waals surface area contributed by atoms with Crippen molar-refractivity contribution >= 4 is 47.9 Å². The lowest BCUT2D eigenvalue weighted by molar-refractivity contribution is -0.306. The summed E-state index contributed by atoms with van der Waals surface area (Å²) in [7, 11) is 1.36. The van der Waals surface area contributed by atoms with E-state index in [9.17, 15) is 33.6 Å². The van der Waals surface area contributed by atoms with E-state index >= 15 is 0 Å². The summed E-state index contributed by atoms with van der Waals surface area (Å²) in [6, 6.07) is 4.46. The number of ether oxygens (including phenoxy) is 11. The van der Waals surface area contributed by atoms with Crippen LogP contribution in [0.15, 0.2) is 24.3 Å². The van der Waals surface area contributed by atoms with E-state index < -0.39 is 104 Å². The van der Waals surface area contributed by atoms with Gasteiger partial charge < -0.3 is 52.1 Å². The highest BCUT2D eigenvalue weighted by Gasteiger charge is 2.55. The van der Waals surface area contributed by atoms with Crippen LogP contribution in [0.4, 0.5) is 0 Å². The molecule has 0 aliphatic carbocycles. The molecular weight excluding hydrogens is 672 g/mol. The number of hydrogen-bond donors (Lipinski definition) is 0. The van der Waals surface area contributed by atoms with Gasteiger partial charge >= 0.3 is 41.8 Å². The minimum atomic E-state index is -1.66. The van der Waals surface area contributed by atoms with E-state index in [0.29, 0.717) is 5.56 Å². The van der Waals surface area contributed by atoms with Crippen molar-refractivity contribution in [3.05, 3.63) is 29.8 Å². The first kappa shape index (κ1) is 39.4. The smallest absolute Gasteiger partial charge is 0.331 e. The summed E-state index contributed by atoms with van der Waals surface area (Å²) in [6.45, 7) is 5.80. The molecule has 274 valence electrons. The van der Waals surface area contributed by atoms with Crippen molar-refractivity contribution in [3.63, 3.8) is 0 Å². The highest BCUT2D eigenvalue weighted by molar-refractivity contribution is 5.87. The number of carbonyl (C=O) groups is 7. The molecule has 2 heterocycles. The molecule has 0 saturated carbocycles. The Morgan fingerprint density at radius 1 is 0.700 bits per heavy atom. The molecule has 2 aliphatic rings. The number of hydrogen-bond acceptors (Lipinski definition) is 18. The molecule has 0 unspecified atom stereocenters. The highest BCUT2D eigenvalue weighted by Crippen LogP contribution is 2.34. The van der Waals surface area contributed by atoms with Gasteiger partial charge in [0.05, 0.1) is 13.7 Å². The third-order valence-electron chi connectivity index (χ3n) is 6.70. The first-order valence-electron chi connectivity index (χ1n) is 15.1. The molecule has 50 heavy (non-hydrogen) atoms. The number of benzene rings is 1. The van der Waals surface area contributed by atoms with Crippen LogP contribution >= 0.6 is 0 Å². The van der Waals surface area contributed by atoms with Gasteiger partial charge in [0.25, 0.3) is 0 Å². The van der Waals surface area contributed by atoms with Crippen molar-refractivity contribution in [1.82, 2.24) is 0 Å². The molecule has 1 aromatic rings. The molecule has 0 spiro atoms. The fraction of sp³-hybridized carbons (Fsp3) is 0.531. The fourth-order valence-electron chi connectivity index (χ4n) is 4.92. The summed E-state index contributed by atoms with van der Waals surface area (Å²) in [4.78, 5) is 84.3. The summed E-state index contributed by atoms with van der Waals surface area (Å²) >= 11 is 0. The van der Waals surface area contributed by atoms with Crippen LogP contribution in [-0.2, 0) is 76.2 Å². The van der Waals surface area contributed by atoms with Gasteiger partial charge in [-0.15, -0.1) is 0 Å². The Morgan fingerprint density at radius 3 is 1.90 bits per heavy atom. The highest BCUT2D eigenvalue weighted by atomic mass is 16.8. The van der Waals surface area contributed by atoms with Gasteiger partial charge in [-0.05, 0) is 23.8 Å². The molecule has 8 atom stereocenters. The van der Waals surface area contributed by atoms with Crippen LogP contribution in [0.3, 0.4) is 0 Å². The molecule has 2 aliphatic heterocycles. The molecular formula is C32H38O18. The Bertz CT molecular complexity index is 1470. The van der Waals surface area contributed by atoms with Crippen molar-refractivity contribution in [2.45, 2.75) is 90.7 Å². The second-order valence-corrected chi connectivity index (χ2v) is 10.8. The zero-order valence-corrected chi connectivity index (χ0v) is 28.3. The molecule has 1 aromatic carbocycles. The third kappa shape index (κ3) is 11.5. The van der Waals surface area contributed by atoms with Gasteiger partial charge in [-0.2, -0.15) is 0 Å². The predicted molar refractivity (Wildman–Crippen MR) is 162 cm³/mol. The van der Waals surface area contributed by atoms with E-state index in [1.54, 1.807) is 0 Å². The number of rotatable bonds is 13. The molecule has 18 heteroatoms. The van der Waals surface area contributed by atoms with Crippen molar-refractivity contribution in [2.75, 3.05) is 20.3 Å². The van der Waals surface area contributed by atoms with E-state index in [2.05, 4.69) is 0 Å². The Hall–Kier alpha value is -5.07. The van der Waals surface area contributed by atoms with Crippen LogP contribution in [0.1, 0.15) is 47.1 Å². The molecule has 0 aromatic heterocycles. The summed E-state index contributed by atoms with van der Waals surface area (Å²) < 4.78 is 60.0. The Labute approximate surface area is 286 Å². The zero-order chi connectivity index (χ0) is 37.1. The quantitative estimate of drug-likeness (QED) is 0.120. The zero-order valence-electron chi connectivity index (χ0n) is 28.3. The third-order valence-corrected chi connectivity index (χ3v) is 6.70. The monoisotopic (exact) mass is 710 g/mol. The first-order chi connectivity index (χ1) is 23.6. The van der Waals surface area contributed by atoms with Crippen molar-refractivity contribution in [2.24, 2.45) is 0 Å². The van der Waals surface area contributed by atoms with Gasteiger partial charge in [0.1, 0.15) is 18.8 Å². The lowest BCUT2D eigenvalue weighted by Gasteiger charge is -2.41. The number of esters is 7. The fourth-order valence-corrected chi connectivity index (χ4v) is 4.92. The van der Waals surface area contributed by atoms with Crippen molar-refractivity contribution < 1.29 is 85.7 Å². The van der Waals surface area contributed by atoms with Crippen molar-refractivity contribution in [3.8, 4) is 11.5 Å². The number of methoxy groups -OCH3 is 1. The molecule has 0 amide bonds. The van der Waals surface area contributed by atoms with Crippen LogP contribution < -0.4 is 9.47 Å². The SMILES string of the molecule is COc1cc(/C=C/C(=O)O[C@H]2[C@H](O[C@@H]3[C@@H](OC(C)=O)[C@H](OC(C)=O)OC[C@H]3OC(C)=O)O[C@@H](COC(C)=O)[C@@H]2OC(C)=O)ccc1OC(C)=O. The van der Waals surface area contributed by atoms with Crippen LogP contribution in [0, 0.1) is 0 Å². The molecule has 18 nitrogen and oxygen atoms in total. The first-order valence-corrected chi connectivity index (χ1v) is 15.1. The Morgan fingerprint density at radius 2 is 1.32 bits per heavy atom. The standard InChI is InChI=1S/C32H38O18/c1-15(33)41-13-25-27(45-18(4)36)30(49-26(39)11-9-21-8-10-22(43-16(2)34)23(12-21)40-7)32(48-25)50-28-24(44-17(3)35)14-42-31(47-20(6)38)29(28)46-19(5)37/h8-12,24-25,27-32H,13-14H2,1-7H3/b11-9+/t24-,25+,27+,28+,29-,30-,31+,32+/m1/s1. The average Bonchev–Trinajstić information content (AvgIpc) is 3.31. The minimum absolute atomic E-state index is 0.147. The van der Waals surface area contributed by atoms with Crippen LogP contribution in [0.2, 0.25) is 0 Å². The summed E-state index contributed by atoms with van der Waals surface area (Å²) in [5, 5.41) is 0. The van der Waals surface area contributed by atoms with Crippen LogP contribution in [-0.4, -0.2) is 111 Å². The summed E-state index contributed by atoms with van der Waals surface area (Å²) in [5.74, 6) is -5.16. The topological polar surface area (TPSA) is 221 Å².